The van der Waals surface area contributed by atoms with Crippen molar-refractivity contribution < 1.29 is 36.5 Å². The Hall–Kier alpha value is -3.54. The lowest BCUT2D eigenvalue weighted by atomic mass is 10.1. The van der Waals surface area contributed by atoms with Crippen LogP contribution in [-0.2, 0) is 29.8 Å². The van der Waals surface area contributed by atoms with Gasteiger partial charge in [-0.3, -0.25) is 4.57 Å². The molecule has 3 atom stereocenters. The summed E-state index contributed by atoms with van der Waals surface area (Å²) in [6.45, 7) is 5.11. The van der Waals surface area contributed by atoms with Crippen LogP contribution in [0.2, 0.25) is 0 Å². The van der Waals surface area contributed by atoms with Crippen LogP contribution in [-0.4, -0.2) is 108 Å². The first kappa shape index (κ1) is 29.9. The average Bonchev–Trinajstić information content (AvgIpc) is 3.39. The van der Waals surface area contributed by atoms with Crippen molar-refractivity contribution in [1.29, 1.82) is 0 Å². The van der Waals surface area contributed by atoms with Gasteiger partial charge >= 0.3 is 0 Å². The highest BCUT2D eigenvalue weighted by Crippen LogP contribution is 2.34. The lowest BCUT2D eigenvalue weighted by molar-refractivity contribution is -0.0942. The molecule has 0 spiro atoms. The molecular formula is C25H33FN8O7S. The van der Waals surface area contributed by atoms with E-state index in [0.717, 1.165) is 12.4 Å². The summed E-state index contributed by atoms with van der Waals surface area (Å²) in [6.07, 6.45) is 2.38. The number of piperidine rings is 1. The van der Waals surface area contributed by atoms with Gasteiger partial charge in [-0.1, -0.05) is 0 Å². The molecule has 5 heterocycles. The van der Waals surface area contributed by atoms with Crippen LogP contribution in [0.4, 0.5) is 10.3 Å². The first-order chi connectivity index (χ1) is 20.2. The summed E-state index contributed by atoms with van der Waals surface area (Å²) < 4.78 is 71.6. The van der Waals surface area contributed by atoms with E-state index in [2.05, 4.69) is 30.1 Å². The fraction of sp³-hybridized carbons (Fsp3) is 0.600. The van der Waals surface area contributed by atoms with Crippen LogP contribution in [0.15, 0.2) is 18.7 Å². The fourth-order valence-corrected chi connectivity index (χ4v) is 6.73. The maximum absolute atomic E-state index is 14.1. The molecular weight excluding hydrogens is 575 g/mol. The smallest absolute Gasteiger partial charge is 0.245 e. The van der Waals surface area contributed by atoms with Crippen molar-refractivity contribution in [2.24, 2.45) is 0 Å². The van der Waals surface area contributed by atoms with E-state index in [4.69, 9.17) is 23.7 Å². The Morgan fingerprint density at radius 3 is 2.38 bits per heavy atom. The minimum absolute atomic E-state index is 0.0770. The molecule has 3 aromatic rings. The highest BCUT2D eigenvalue weighted by Gasteiger charge is 2.39. The molecule has 0 N–H and O–H groups in total. The molecule has 5 rings (SSSR count). The van der Waals surface area contributed by atoms with E-state index in [1.54, 1.807) is 4.90 Å². The number of ether oxygens (including phenoxy) is 5. The molecule has 0 aliphatic carbocycles. The Morgan fingerprint density at radius 2 is 1.76 bits per heavy atom. The highest BCUT2D eigenvalue weighted by atomic mass is 32.2. The molecule has 42 heavy (non-hydrogen) atoms. The van der Waals surface area contributed by atoms with Crippen LogP contribution in [0.3, 0.4) is 0 Å². The van der Waals surface area contributed by atoms with Crippen molar-refractivity contribution in [2.75, 3.05) is 52.0 Å². The molecule has 2 fully saturated rings. The maximum Gasteiger partial charge on any atom is 0.245 e. The van der Waals surface area contributed by atoms with E-state index in [-0.39, 0.29) is 60.7 Å². The van der Waals surface area contributed by atoms with E-state index in [1.165, 1.54) is 25.1 Å². The Balaban J connectivity index is 1.53. The van der Waals surface area contributed by atoms with E-state index in [9.17, 15) is 12.8 Å². The fourth-order valence-electron chi connectivity index (χ4n) is 5.03. The third kappa shape index (κ3) is 6.43. The van der Waals surface area contributed by atoms with Gasteiger partial charge in [-0.05, 0) is 20.3 Å². The monoisotopic (exact) mass is 608 g/mol. The minimum atomic E-state index is -3.91. The van der Waals surface area contributed by atoms with Gasteiger partial charge in [-0.2, -0.15) is 9.97 Å². The maximum atomic E-state index is 14.1. The van der Waals surface area contributed by atoms with Gasteiger partial charge in [0.1, 0.15) is 18.2 Å². The molecule has 0 unspecified atom stereocenters. The Labute approximate surface area is 242 Å². The molecule has 228 valence electrons. The van der Waals surface area contributed by atoms with Crippen molar-refractivity contribution >= 4 is 15.8 Å². The number of hydrogen-bond acceptors (Lipinski definition) is 14. The zero-order valence-electron chi connectivity index (χ0n) is 23.7. The van der Waals surface area contributed by atoms with Crippen LogP contribution in [0.1, 0.15) is 38.0 Å². The number of nitrogens with zero attached hydrogens (tertiary/aromatic N) is 8. The second-order valence-electron chi connectivity index (χ2n) is 10.1. The third-order valence-electron chi connectivity index (χ3n) is 6.79. The predicted octanol–water partition coefficient (Wildman–Crippen LogP) is 1.08. The number of halogens is 1. The molecule has 17 heteroatoms. The largest absolute Gasteiger partial charge is 0.479 e. The standard InChI is InChI=1S/C25H33FN8O7S/c1-15(2)41-17-7-18(11-33(10-17)25-27-8-16(26)9-28-25)42(35,36)13-20-31-32-22(19-12-39-5-6-40-19)34(20)21-23(37-3)29-14-30-24(21)38-4/h8-9,14-15,17-19H,5-7,10-13H2,1-4H3/t17-,18+,19+/m0/s1. The summed E-state index contributed by atoms with van der Waals surface area (Å²) in [7, 11) is -1.06. The van der Waals surface area contributed by atoms with Gasteiger partial charge in [0.15, 0.2) is 33.0 Å². The predicted molar refractivity (Wildman–Crippen MR) is 145 cm³/mol. The topological polar surface area (TPSA) is 166 Å². The van der Waals surface area contributed by atoms with Crippen LogP contribution in [0, 0.1) is 5.82 Å². The summed E-state index contributed by atoms with van der Waals surface area (Å²) in [6, 6.07) is 0. The van der Waals surface area contributed by atoms with Crippen LogP contribution < -0.4 is 14.4 Å². The van der Waals surface area contributed by atoms with Gasteiger partial charge in [-0.15, -0.1) is 10.2 Å². The molecule has 2 aliphatic rings. The average molecular weight is 609 g/mol. The summed E-state index contributed by atoms with van der Waals surface area (Å²) >= 11 is 0. The van der Waals surface area contributed by atoms with Crippen molar-refractivity contribution in [3.8, 4) is 17.4 Å². The summed E-state index contributed by atoms with van der Waals surface area (Å²) in [5.41, 5.74) is 0.230. The third-order valence-corrected chi connectivity index (χ3v) is 8.81. The Kier molecular flexibility index (Phi) is 9.10. The Morgan fingerprint density at radius 1 is 1.05 bits per heavy atom. The first-order valence-corrected chi connectivity index (χ1v) is 15.1. The second kappa shape index (κ2) is 12.8. The molecule has 0 radical (unpaired) electrons. The highest BCUT2D eigenvalue weighted by molar-refractivity contribution is 7.91. The number of hydrogen-bond donors (Lipinski definition) is 0. The Bertz CT molecular complexity index is 1450. The minimum Gasteiger partial charge on any atom is -0.479 e. The second-order valence-corrected chi connectivity index (χ2v) is 12.3. The lowest BCUT2D eigenvalue weighted by Gasteiger charge is -2.38. The van der Waals surface area contributed by atoms with Gasteiger partial charge in [-0.25, -0.2) is 22.8 Å². The van der Waals surface area contributed by atoms with Gasteiger partial charge in [0.25, 0.3) is 0 Å². The van der Waals surface area contributed by atoms with Crippen molar-refractivity contribution in [3.05, 3.63) is 36.2 Å². The van der Waals surface area contributed by atoms with Gasteiger partial charge in [0, 0.05) is 13.1 Å². The molecule has 0 bridgehead atoms. The van der Waals surface area contributed by atoms with Crippen molar-refractivity contribution in [3.63, 3.8) is 0 Å². The zero-order valence-corrected chi connectivity index (χ0v) is 24.5. The van der Waals surface area contributed by atoms with Crippen LogP contribution in [0.5, 0.6) is 11.8 Å². The summed E-state index contributed by atoms with van der Waals surface area (Å²) in [5.74, 6) is -0.245. The van der Waals surface area contributed by atoms with Gasteiger partial charge in [0.2, 0.25) is 17.7 Å². The van der Waals surface area contributed by atoms with E-state index >= 15 is 0 Å². The van der Waals surface area contributed by atoms with Gasteiger partial charge < -0.3 is 28.6 Å². The van der Waals surface area contributed by atoms with Gasteiger partial charge in [0.05, 0.1) is 63.9 Å². The van der Waals surface area contributed by atoms with Crippen molar-refractivity contribution in [1.82, 2.24) is 34.7 Å². The molecule has 0 amide bonds. The molecule has 2 saturated heterocycles. The molecule has 15 nitrogen and oxygen atoms in total. The number of methoxy groups -OCH3 is 2. The van der Waals surface area contributed by atoms with Crippen molar-refractivity contribution in [2.45, 2.75) is 49.6 Å². The number of aromatic nitrogens is 7. The van der Waals surface area contributed by atoms with E-state index in [1.807, 2.05) is 13.8 Å². The quantitative estimate of drug-likeness (QED) is 0.321. The van der Waals surface area contributed by atoms with E-state index < -0.39 is 38.9 Å². The summed E-state index contributed by atoms with van der Waals surface area (Å²) in [4.78, 5) is 18.2. The number of sulfone groups is 1. The van der Waals surface area contributed by atoms with E-state index in [0.29, 0.717) is 19.8 Å². The number of anilines is 1. The molecule has 0 aromatic carbocycles. The first-order valence-electron chi connectivity index (χ1n) is 13.4. The van der Waals surface area contributed by atoms with Crippen LogP contribution in [0.25, 0.3) is 5.69 Å². The molecule has 0 saturated carbocycles. The SMILES string of the molecule is COc1ncnc(OC)c1-n1c(CS(=O)(=O)[C@@H]2C[C@H](OC(C)C)CN(c3ncc(F)cn3)C2)nnc1[C@H]1COCCO1. The number of rotatable bonds is 10. The normalized spacial score (nSPS) is 21.5. The van der Waals surface area contributed by atoms with Crippen LogP contribution >= 0.6 is 0 Å². The lowest BCUT2D eigenvalue weighted by Crippen LogP contribution is -2.51. The summed E-state index contributed by atoms with van der Waals surface area (Å²) in [5, 5.41) is 7.69. The molecule has 3 aromatic heterocycles. The molecule has 2 aliphatic heterocycles. The zero-order chi connectivity index (χ0) is 29.9.